The van der Waals surface area contributed by atoms with Gasteiger partial charge in [0.05, 0.1) is 18.8 Å². The third kappa shape index (κ3) is 1.49. The van der Waals surface area contributed by atoms with Crippen molar-refractivity contribution in [1.29, 1.82) is 0 Å². The van der Waals surface area contributed by atoms with Crippen LogP contribution in [0.1, 0.15) is 40.0 Å². The fourth-order valence-corrected chi connectivity index (χ4v) is 4.37. The van der Waals surface area contributed by atoms with Crippen molar-refractivity contribution in [3.05, 3.63) is 11.6 Å². The number of allylic oxidation sites excluding steroid dienone is 1. The third-order valence-electron chi connectivity index (χ3n) is 6.24. The van der Waals surface area contributed by atoms with Crippen molar-refractivity contribution in [1.82, 2.24) is 0 Å². The number of epoxide rings is 1. The first-order chi connectivity index (χ1) is 8.77. The molecule has 0 aromatic heterocycles. The molecule has 0 amide bonds. The maximum atomic E-state index is 10.6. The molecule has 1 heterocycles. The molecule has 6 atom stereocenters. The molecule has 0 aromatic carbocycles. The minimum absolute atomic E-state index is 0.374. The summed E-state index contributed by atoms with van der Waals surface area (Å²) in [7, 11) is 0. The number of ether oxygens (including phenoxy) is 1. The highest BCUT2D eigenvalue weighted by Gasteiger charge is 2.75. The van der Waals surface area contributed by atoms with Gasteiger partial charge < -0.3 is 20.1 Å². The molecule has 3 rings (SSSR count). The molecule has 4 heteroatoms. The lowest BCUT2D eigenvalue weighted by Gasteiger charge is -2.51. The summed E-state index contributed by atoms with van der Waals surface area (Å²) in [5, 5.41) is 30.9. The van der Waals surface area contributed by atoms with Crippen molar-refractivity contribution in [2.45, 2.75) is 63.9 Å². The van der Waals surface area contributed by atoms with Crippen LogP contribution < -0.4 is 0 Å². The number of aliphatic hydroxyl groups excluding tert-OH is 3. The minimum atomic E-state index is -0.839. The second-order valence-electron chi connectivity index (χ2n) is 7.10. The quantitative estimate of drug-likeness (QED) is 0.490. The standard InChI is InChI=1S/C15H24O4/c1-9-4-5-13(2,11(17)6-9)14(3)7-10(16)12(18)15(14)8-19-15/h6,10-12,16-18H,4-5,7-8H2,1-3H3/t10-,11?,12-,13?,14-,15+/m1/s1. The Bertz CT molecular complexity index is 428. The molecule has 2 unspecified atom stereocenters. The number of hydrogen-bond acceptors (Lipinski definition) is 4. The zero-order valence-corrected chi connectivity index (χ0v) is 11.9. The molecule has 1 aliphatic heterocycles. The van der Waals surface area contributed by atoms with Crippen LogP contribution in [0.5, 0.6) is 0 Å². The molecule has 108 valence electrons. The van der Waals surface area contributed by atoms with Gasteiger partial charge in [0.2, 0.25) is 0 Å². The van der Waals surface area contributed by atoms with Gasteiger partial charge in [0, 0.05) is 10.8 Å². The molecule has 4 nitrogen and oxygen atoms in total. The van der Waals surface area contributed by atoms with Gasteiger partial charge in [-0.1, -0.05) is 25.5 Å². The first-order valence-electron chi connectivity index (χ1n) is 7.12. The molecule has 3 aliphatic rings. The molecule has 0 bridgehead atoms. The van der Waals surface area contributed by atoms with Crippen LogP contribution in [-0.4, -0.2) is 45.8 Å². The summed E-state index contributed by atoms with van der Waals surface area (Å²) < 4.78 is 5.61. The molecule has 3 N–H and O–H groups in total. The zero-order valence-electron chi connectivity index (χ0n) is 11.9. The maximum Gasteiger partial charge on any atom is 0.126 e. The maximum absolute atomic E-state index is 10.6. The third-order valence-corrected chi connectivity index (χ3v) is 6.24. The molecule has 0 aromatic rings. The van der Waals surface area contributed by atoms with Crippen LogP contribution in [0.25, 0.3) is 0 Å². The van der Waals surface area contributed by atoms with Crippen molar-refractivity contribution in [3.63, 3.8) is 0 Å². The number of aliphatic hydroxyl groups is 3. The number of hydrogen-bond donors (Lipinski definition) is 3. The summed E-state index contributed by atoms with van der Waals surface area (Å²) in [5.74, 6) is 0. The van der Waals surface area contributed by atoms with Crippen LogP contribution >= 0.6 is 0 Å². The van der Waals surface area contributed by atoms with E-state index < -0.39 is 29.3 Å². The van der Waals surface area contributed by atoms with Gasteiger partial charge in [-0.15, -0.1) is 0 Å². The summed E-state index contributed by atoms with van der Waals surface area (Å²) in [6.07, 6.45) is 2.06. The normalized spacial score (nSPS) is 57.4. The SMILES string of the molecule is CC1=CC(O)C(C)([C@@]2(C)C[C@@H](O)[C@@H](O)[C@@]23CO3)CC1. The first-order valence-corrected chi connectivity index (χ1v) is 7.12. The molecular formula is C15H24O4. The van der Waals surface area contributed by atoms with Gasteiger partial charge in [-0.25, -0.2) is 0 Å². The van der Waals surface area contributed by atoms with E-state index >= 15 is 0 Å². The predicted molar refractivity (Wildman–Crippen MR) is 70.5 cm³/mol. The average molecular weight is 268 g/mol. The van der Waals surface area contributed by atoms with Crippen LogP contribution in [0.15, 0.2) is 11.6 Å². The monoisotopic (exact) mass is 268 g/mol. The zero-order chi connectivity index (χ0) is 14.1. The molecule has 0 radical (unpaired) electrons. The lowest BCUT2D eigenvalue weighted by molar-refractivity contribution is -0.0924. The molecule has 19 heavy (non-hydrogen) atoms. The Kier molecular flexibility index (Phi) is 2.72. The molecule has 2 fully saturated rings. The fraction of sp³-hybridized carbons (Fsp3) is 0.867. The lowest BCUT2D eigenvalue weighted by Crippen LogP contribution is -2.54. The van der Waals surface area contributed by atoms with Gasteiger partial charge in [-0.3, -0.25) is 0 Å². The van der Waals surface area contributed by atoms with Crippen LogP contribution in [-0.2, 0) is 4.74 Å². The Hall–Kier alpha value is -0.420. The van der Waals surface area contributed by atoms with E-state index in [2.05, 4.69) is 13.8 Å². The van der Waals surface area contributed by atoms with E-state index in [4.69, 9.17) is 4.74 Å². The van der Waals surface area contributed by atoms with Crippen LogP contribution in [0.2, 0.25) is 0 Å². The highest BCUT2D eigenvalue weighted by Crippen LogP contribution is 2.66. The predicted octanol–water partition coefficient (Wildman–Crippen LogP) is 0.994. The summed E-state index contributed by atoms with van der Waals surface area (Å²) in [4.78, 5) is 0. The van der Waals surface area contributed by atoms with Gasteiger partial charge in [0.15, 0.2) is 0 Å². The van der Waals surface area contributed by atoms with E-state index in [0.717, 1.165) is 12.8 Å². The van der Waals surface area contributed by atoms with Crippen LogP contribution in [0.3, 0.4) is 0 Å². The first kappa shape index (κ1) is 13.6. The van der Waals surface area contributed by atoms with Gasteiger partial charge in [0.1, 0.15) is 11.7 Å². The van der Waals surface area contributed by atoms with E-state index in [1.165, 1.54) is 5.57 Å². The Balaban J connectivity index is 2.02. The molecule has 2 aliphatic carbocycles. The smallest absolute Gasteiger partial charge is 0.126 e. The molecule has 1 saturated carbocycles. The second kappa shape index (κ2) is 3.82. The second-order valence-corrected chi connectivity index (χ2v) is 7.10. The summed E-state index contributed by atoms with van der Waals surface area (Å²) in [6, 6.07) is 0. The largest absolute Gasteiger partial charge is 0.390 e. The van der Waals surface area contributed by atoms with E-state index in [-0.39, 0.29) is 5.41 Å². The summed E-state index contributed by atoms with van der Waals surface area (Å²) >= 11 is 0. The van der Waals surface area contributed by atoms with Gasteiger partial charge >= 0.3 is 0 Å². The van der Waals surface area contributed by atoms with E-state index in [1.807, 2.05) is 13.0 Å². The Morgan fingerprint density at radius 3 is 2.42 bits per heavy atom. The fourth-order valence-electron chi connectivity index (χ4n) is 4.37. The molecule has 1 saturated heterocycles. The Labute approximate surface area is 114 Å². The van der Waals surface area contributed by atoms with Crippen LogP contribution in [0.4, 0.5) is 0 Å². The van der Waals surface area contributed by atoms with Gasteiger partial charge in [-0.05, 0) is 26.2 Å². The van der Waals surface area contributed by atoms with E-state index in [0.29, 0.717) is 13.0 Å². The highest BCUT2D eigenvalue weighted by atomic mass is 16.6. The molecule has 1 spiro atoms. The summed E-state index contributed by atoms with van der Waals surface area (Å²) in [5.41, 5.74) is -0.239. The van der Waals surface area contributed by atoms with Crippen molar-refractivity contribution in [3.8, 4) is 0 Å². The van der Waals surface area contributed by atoms with E-state index in [1.54, 1.807) is 0 Å². The minimum Gasteiger partial charge on any atom is -0.390 e. The van der Waals surface area contributed by atoms with Crippen molar-refractivity contribution in [2.24, 2.45) is 10.8 Å². The molecular weight excluding hydrogens is 244 g/mol. The van der Waals surface area contributed by atoms with Crippen molar-refractivity contribution >= 4 is 0 Å². The van der Waals surface area contributed by atoms with E-state index in [9.17, 15) is 15.3 Å². The van der Waals surface area contributed by atoms with Crippen molar-refractivity contribution in [2.75, 3.05) is 6.61 Å². The highest BCUT2D eigenvalue weighted by molar-refractivity contribution is 5.27. The van der Waals surface area contributed by atoms with Gasteiger partial charge in [-0.2, -0.15) is 0 Å². The Morgan fingerprint density at radius 2 is 1.89 bits per heavy atom. The summed E-state index contributed by atoms with van der Waals surface area (Å²) in [6.45, 7) is 6.63. The topological polar surface area (TPSA) is 73.2 Å². The van der Waals surface area contributed by atoms with Crippen LogP contribution in [0, 0.1) is 10.8 Å². The number of rotatable bonds is 1. The average Bonchev–Trinajstić information content (AvgIpc) is 3.11. The Morgan fingerprint density at radius 1 is 1.26 bits per heavy atom. The lowest BCUT2D eigenvalue weighted by atomic mass is 9.54. The van der Waals surface area contributed by atoms with Gasteiger partial charge in [0.25, 0.3) is 0 Å². The van der Waals surface area contributed by atoms with Crippen molar-refractivity contribution < 1.29 is 20.1 Å².